The summed E-state index contributed by atoms with van der Waals surface area (Å²) in [5.74, 6) is -1.57. The molecule has 0 spiro atoms. The van der Waals surface area contributed by atoms with Gasteiger partial charge in [-0.25, -0.2) is 0 Å². The summed E-state index contributed by atoms with van der Waals surface area (Å²) in [6.45, 7) is 3.66. The van der Waals surface area contributed by atoms with Gasteiger partial charge < -0.3 is 14.9 Å². The summed E-state index contributed by atoms with van der Waals surface area (Å²) in [5, 5.41) is 17.7. The average molecular weight is 252 g/mol. The van der Waals surface area contributed by atoms with Crippen LogP contribution in [0.1, 0.15) is 25.0 Å². The number of aliphatic carboxylic acids is 2. The van der Waals surface area contributed by atoms with Gasteiger partial charge in [-0.2, -0.15) is 0 Å². The summed E-state index contributed by atoms with van der Waals surface area (Å²) in [6, 6.07) is 4.94. The number of rotatable bonds is 6. The van der Waals surface area contributed by atoms with Crippen LogP contribution in [0.15, 0.2) is 18.2 Å². The van der Waals surface area contributed by atoms with Gasteiger partial charge >= 0.3 is 11.9 Å². The molecule has 0 saturated heterocycles. The fourth-order valence-corrected chi connectivity index (χ4v) is 1.66. The largest absolute Gasteiger partial charge is 0.491 e. The molecule has 0 aromatic heterocycles. The lowest BCUT2D eigenvalue weighted by molar-refractivity contribution is -0.137. The lowest BCUT2D eigenvalue weighted by Gasteiger charge is -2.16. The van der Waals surface area contributed by atoms with E-state index >= 15 is 0 Å². The quantitative estimate of drug-likeness (QED) is 0.805. The van der Waals surface area contributed by atoms with Crippen molar-refractivity contribution in [3.63, 3.8) is 0 Å². The van der Waals surface area contributed by atoms with Gasteiger partial charge in [0, 0.05) is 5.56 Å². The van der Waals surface area contributed by atoms with Gasteiger partial charge in [0.15, 0.2) is 0 Å². The maximum absolute atomic E-state index is 10.8. The Bertz CT molecular complexity index is 451. The Morgan fingerprint density at radius 3 is 2.28 bits per heavy atom. The number of carboxylic acids is 2. The molecular weight excluding hydrogens is 236 g/mol. The number of benzene rings is 1. The second-order valence-electron chi connectivity index (χ2n) is 4.20. The minimum Gasteiger partial charge on any atom is -0.491 e. The molecule has 5 nitrogen and oxygen atoms in total. The zero-order valence-corrected chi connectivity index (χ0v) is 10.3. The van der Waals surface area contributed by atoms with Crippen LogP contribution in [-0.4, -0.2) is 28.3 Å². The molecule has 98 valence electrons. The number of hydrogen-bond donors (Lipinski definition) is 2. The van der Waals surface area contributed by atoms with Crippen LogP contribution in [0.5, 0.6) is 5.75 Å². The third kappa shape index (κ3) is 4.08. The molecular formula is C13H16O5. The van der Waals surface area contributed by atoms with Crippen LogP contribution < -0.4 is 4.74 Å². The lowest BCUT2D eigenvalue weighted by atomic mass is 10.0. The van der Waals surface area contributed by atoms with Gasteiger partial charge in [-0.15, -0.1) is 0 Å². The van der Waals surface area contributed by atoms with Crippen LogP contribution in [0.3, 0.4) is 0 Å². The molecule has 0 fully saturated rings. The Kier molecular flexibility index (Phi) is 4.71. The van der Waals surface area contributed by atoms with Crippen molar-refractivity contribution in [1.29, 1.82) is 0 Å². The zero-order valence-electron chi connectivity index (χ0n) is 10.3. The van der Waals surface area contributed by atoms with E-state index in [4.69, 9.17) is 14.9 Å². The van der Waals surface area contributed by atoms with Crippen LogP contribution in [-0.2, 0) is 22.4 Å². The van der Waals surface area contributed by atoms with E-state index in [0.717, 1.165) is 0 Å². The second kappa shape index (κ2) is 6.05. The Hall–Kier alpha value is -2.04. The Balaban J connectivity index is 3.15. The van der Waals surface area contributed by atoms with E-state index in [9.17, 15) is 9.59 Å². The van der Waals surface area contributed by atoms with Gasteiger partial charge in [-0.3, -0.25) is 9.59 Å². The molecule has 0 aliphatic rings. The van der Waals surface area contributed by atoms with Gasteiger partial charge in [0.2, 0.25) is 0 Å². The van der Waals surface area contributed by atoms with Crippen LogP contribution in [0.25, 0.3) is 0 Å². The Labute approximate surface area is 105 Å². The highest BCUT2D eigenvalue weighted by atomic mass is 16.5. The van der Waals surface area contributed by atoms with Crippen molar-refractivity contribution >= 4 is 11.9 Å². The summed E-state index contributed by atoms with van der Waals surface area (Å²) in [6.07, 6.45) is -0.554. The number of carbonyl (C=O) groups is 2. The van der Waals surface area contributed by atoms with Crippen molar-refractivity contribution in [2.24, 2.45) is 0 Å². The van der Waals surface area contributed by atoms with Gasteiger partial charge in [-0.1, -0.05) is 12.1 Å². The van der Waals surface area contributed by atoms with E-state index < -0.39 is 11.9 Å². The third-order valence-corrected chi connectivity index (χ3v) is 2.26. The van der Waals surface area contributed by atoms with Crippen molar-refractivity contribution in [3.05, 3.63) is 29.3 Å². The maximum atomic E-state index is 10.8. The van der Waals surface area contributed by atoms with E-state index in [-0.39, 0.29) is 18.9 Å². The molecule has 0 radical (unpaired) electrons. The van der Waals surface area contributed by atoms with Crippen LogP contribution in [0, 0.1) is 0 Å². The molecule has 5 heteroatoms. The topological polar surface area (TPSA) is 83.8 Å². The van der Waals surface area contributed by atoms with Crippen LogP contribution >= 0.6 is 0 Å². The molecule has 2 N–H and O–H groups in total. The fraction of sp³-hybridized carbons (Fsp3) is 0.385. The number of ether oxygens (including phenoxy) is 1. The first-order valence-electron chi connectivity index (χ1n) is 5.61. The molecule has 1 aromatic rings. The third-order valence-electron chi connectivity index (χ3n) is 2.26. The zero-order chi connectivity index (χ0) is 13.7. The van der Waals surface area contributed by atoms with E-state index in [2.05, 4.69) is 0 Å². The molecule has 1 aromatic carbocycles. The maximum Gasteiger partial charge on any atom is 0.307 e. The van der Waals surface area contributed by atoms with Crippen LogP contribution in [0.4, 0.5) is 0 Å². The highest BCUT2D eigenvalue weighted by Gasteiger charge is 2.15. The summed E-state index contributed by atoms with van der Waals surface area (Å²) in [7, 11) is 0. The monoisotopic (exact) mass is 252 g/mol. The fourth-order valence-electron chi connectivity index (χ4n) is 1.66. The predicted octanol–water partition coefficient (Wildman–Crippen LogP) is 1.73. The normalized spacial score (nSPS) is 10.4. The van der Waals surface area contributed by atoms with Crippen LogP contribution in [0.2, 0.25) is 0 Å². The predicted molar refractivity (Wildman–Crippen MR) is 64.9 cm³/mol. The minimum absolute atomic E-state index is 0.0994. The lowest BCUT2D eigenvalue weighted by Crippen LogP contribution is -2.13. The smallest absolute Gasteiger partial charge is 0.307 e. The molecule has 0 atom stereocenters. The highest BCUT2D eigenvalue weighted by molar-refractivity contribution is 5.75. The number of hydrogen-bond acceptors (Lipinski definition) is 3. The van der Waals surface area contributed by atoms with E-state index in [1.165, 1.54) is 0 Å². The van der Waals surface area contributed by atoms with Crippen molar-refractivity contribution < 1.29 is 24.5 Å². The minimum atomic E-state index is -1.01. The molecule has 1 rings (SSSR count). The molecule has 0 bridgehead atoms. The molecule has 0 amide bonds. The first-order chi connectivity index (χ1) is 8.40. The molecule has 18 heavy (non-hydrogen) atoms. The second-order valence-corrected chi connectivity index (χ2v) is 4.20. The Morgan fingerprint density at radius 2 is 1.78 bits per heavy atom. The van der Waals surface area contributed by atoms with Gasteiger partial charge in [0.1, 0.15) is 5.75 Å². The summed E-state index contributed by atoms with van der Waals surface area (Å²) < 4.78 is 5.51. The summed E-state index contributed by atoms with van der Waals surface area (Å²) >= 11 is 0. The molecule has 0 aliphatic carbocycles. The molecule has 0 aliphatic heterocycles. The highest BCUT2D eigenvalue weighted by Crippen LogP contribution is 2.25. The molecule has 0 unspecified atom stereocenters. The summed E-state index contributed by atoms with van der Waals surface area (Å²) in [5.41, 5.74) is 0.907. The van der Waals surface area contributed by atoms with E-state index in [1.807, 2.05) is 13.8 Å². The summed E-state index contributed by atoms with van der Waals surface area (Å²) in [4.78, 5) is 21.6. The average Bonchev–Trinajstić information content (AvgIpc) is 2.20. The van der Waals surface area contributed by atoms with Crippen molar-refractivity contribution in [1.82, 2.24) is 0 Å². The number of carboxylic acid groups (broad SMARTS) is 2. The molecule has 0 saturated carbocycles. The van der Waals surface area contributed by atoms with Crippen molar-refractivity contribution in [2.75, 3.05) is 0 Å². The van der Waals surface area contributed by atoms with E-state index in [0.29, 0.717) is 16.9 Å². The van der Waals surface area contributed by atoms with Gasteiger partial charge in [-0.05, 0) is 25.5 Å². The first kappa shape index (κ1) is 14.0. The molecule has 0 heterocycles. The van der Waals surface area contributed by atoms with Crippen molar-refractivity contribution in [3.8, 4) is 5.75 Å². The SMILES string of the molecule is CC(C)Oc1cccc(CC(=O)O)c1CC(=O)O. The standard InChI is InChI=1S/C13H16O5/c1-8(2)18-11-5-3-4-9(6-12(14)15)10(11)7-13(16)17/h3-5,8H,6-7H2,1-2H3,(H,14,15)(H,16,17). The van der Waals surface area contributed by atoms with Crippen molar-refractivity contribution in [2.45, 2.75) is 32.8 Å². The first-order valence-corrected chi connectivity index (χ1v) is 5.61. The van der Waals surface area contributed by atoms with Gasteiger partial charge in [0.05, 0.1) is 18.9 Å². The van der Waals surface area contributed by atoms with Gasteiger partial charge in [0.25, 0.3) is 0 Å². The van der Waals surface area contributed by atoms with E-state index in [1.54, 1.807) is 18.2 Å². The Morgan fingerprint density at radius 1 is 1.17 bits per heavy atom.